The highest BCUT2D eigenvalue weighted by atomic mass is 15.3. The Morgan fingerprint density at radius 3 is 2.44 bits per heavy atom. The van der Waals surface area contributed by atoms with E-state index in [4.69, 9.17) is 5.26 Å². The minimum Gasteiger partial charge on any atom is -0.267 e. The number of benzene rings is 1. The fraction of sp³-hybridized carbons (Fsp3) is 0.333. The summed E-state index contributed by atoms with van der Waals surface area (Å²) in [5.74, 6) is 0. The molecule has 0 atom stereocenters. The Labute approximate surface area is 108 Å². The van der Waals surface area contributed by atoms with Gasteiger partial charge in [0.05, 0.1) is 23.7 Å². The molecule has 0 unspecified atom stereocenters. The Kier molecular flexibility index (Phi) is 3.20. The molecule has 92 valence electrons. The summed E-state index contributed by atoms with van der Waals surface area (Å²) in [6, 6.07) is 12.2. The fourth-order valence-electron chi connectivity index (χ4n) is 1.81. The lowest BCUT2D eigenvalue weighted by Gasteiger charge is -2.18. The highest BCUT2D eigenvalue weighted by molar-refractivity contribution is 5.63. The van der Waals surface area contributed by atoms with Gasteiger partial charge in [-0.15, -0.1) is 0 Å². The van der Waals surface area contributed by atoms with Crippen LogP contribution in [-0.4, -0.2) is 9.78 Å². The number of rotatable bonds is 2. The molecule has 0 radical (unpaired) electrons. The van der Waals surface area contributed by atoms with Crippen LogP contribution in [0.15, 0.2) is 36.5 Å². The van der Waals surface area contributed by atoms with E-state index in [1.807, 2.05) is 41.2 Å². The largest absolute Gasteiger partial charge is 0.267 e. The number of nitrogens with zero attached hydrogens (tertiary/aromatic N) is 3. The molecule has 0 N–H and O–H groups in total. The third-order valence-electron chi connectivity index (χ3n) is 2.79. The fourth-order valence-corrected chi connectivity index (χ4v) is 1.81. The van der Waals surface area contributed by atoms with Crippen LogP contribution in [0.5, 0.6) is 0 Å². The summed E-state index contributed by atoms with van der Waals surface area (Å²) in [4.78, 5) is 0. The van der Waals surface area contributed by atoms with E-state index in [0.29, 0.717) is 6.42 Å². The normalized spacial score (nSPS) is 11.2. The van der Waals surface area contributed by atoms with Crippen LogP contribution in [0.4, 0.5) is 0 Å². The third-order valence-corrected chi connectivity index (χ3v) is 2.79. The van der Waals surface area contributed by atoms with E-state index in [2.05, 4.69) is 31.9 Å². The van der Waals surface area contributed by atoms with E-state index in [1.54, 1.807) is 0 Å². The third kappa shape index (κ3) is 2.43. The van der Waals surface area contributed by atoms with Crippen molar-refractivity contribution in [2.45, 2.75) is 32.7 Å². The number of nitriles is 1. The van der Waals surface area contributed by atoms with Crippen LogP contribution in [-0.2, 0) is 12.0 Å². The van der Waals surface area contributed by atoms with Gasteiger partial charge in [0, 0.05) is 17.3 Å². The van der Waals surface area contributed by atoms with Crippen LogP contribution in [0.1, 0.15) is 26.3 Å². The van der Waals surface area contributed by atoms with E-state index < -0.39 is 0 Å². The van der Waals surface area contributed by atoms with Gasteiger partial charge in [-0.1, -0.05) is 30.3 Å². The molecular formula is C15H17N3. The minimum atomic E-state index is -0.0722. The topological polar surface area (TPSA) is 41.6 Å². The Balaban J connectivity index is 2.53. The number of hydrogen-bond acceptors (Lipinski definition) is 2. The highest BCUT2D eigenvalue weighted by Gasteiger charge is 2.18. The molecule has 18 heavy (non-hydrogen) atoms. The van der Waals surface area contributed by atoms with E-state index in [9.17, 15) is 0 Å². The second-order valence-corrected chi connectivity index (χ2v) is 5.32. The monoisotopic (exact) mass is 239 g/mol. The first kappa shape index (κ1) is 12.4. The maximum absolute atomic E-state index is 8.92. The molecule has 0 fully saturated rings. The SMILES string of the molecule is CC(C)(C)n1cc(CC#N)c(-c2ccccc2)n1. The molecule has 2 rings (SSSR count). The van der Waals surface area contributed by atoms with Crippen molar-refractivity contribution in [1.29, 1.82) is 5.26 Å². The first-order valence-electron chi connectivity index (χ1n) is 6.04. The molecule has 0 saturated carbocycles. The molecule has 0 amide bonds. The lowest BCUT2D eigenvalue weighted by atomic mass is 10.1. The van der Waals surface area contributed by atoms with Crippen molar-refractivity contribution in [3.8, 4) is 17.3 Å². The Bertz CT molecular complexity index is 568. The standard InChI is InChI=1S/C15H17N3/c1-15(2,3)18-11-13(9-10-16)14(17-18)12-7-5-4-6-8-12/h4-8,11H,9H2,1-3H3. The van der Waals surface area contributed by atoms with Crippen molar-refractivity contribution < 1.29 is 0 Å². The Morgan fingerprint density at radius 1 is 1.22 bits per heavy atom. The molecule has 0 aliphatic rings. The van der Waals surface area contributed by atoms with Gasteiger partial charge in [0.25, 0.3) is 0 Å². The zero-order valence-electron chi connectivity index (χ0n) is 11.0. The van der Waals surface area contributed by atoms with E-state index in [1.165, 1.54) is 0 Å². The molecule has 0 spiro atoms. The quantitative estimate of drug-likeness (QED) is 0.806. The van der Waals surface area contributed by atoms with Gasteiger partial charge < -0.3 is 0 Å². The van der Waals surface area contributed by atoms with Crippen molar-refractivity contribution >= 4 is 0 Å². The van der Waals surface area contributed by atoms with Crippen LogP contribution >= 0.6 is 0 Å². The summed E-state index contributed by atoms with van der Waals surface area (Å²) < 4.78 is 1.93. The second-order valence-electron chi connectivity index (χ2n) is 5.32. The second kappa shape index (κ2) is 4.66. The molecule has 2 aromatic rings. The molecule has 0 bridgehead atoms. The van der Waals surface area contributed by atoms with Gasteiger partial charge >= 0.3 is 0 Å². The van der Waals surface area contributed by atoms with Gasteiger partial charge in [-0.05, 0) is 20.8 Å². The first-order valence-corrected chi connectivity index (χ1v) is 6.04. The molecule has 1 heterocycles. The van der Waals surface area contributed by atoms with Crippen LogP contribution in [0, 0.1) is 11.3 Å². The number of hydrogen-bond donors (Lipinski definition) is 0. The molecule has 0 aliphatic carbocycles. The zero-order chi connectivity index (χ0) is 13.2. The van der Waals surface area contributed by atoms with Crippen molar-refractivity contribution in [1.82, 2.24) is 9.78 Å². The lowest BCUT2D eigenvalue weighted by molar-refractivity contribution is 0.356. The average molecular weight is 239 g/mol. The van der Waals surface area contributed by atoms with Crippen LogP contribution in [0.25, 0.3) is 11.3 Å². The van der Waals surface area contributed by atoms with Gasteiger partial charge in [-0.2, -0.15) is 10.4 Å². The molecule has 0 saturated heterocycles. The highest BCUT2D eigenvalue weighted by Crippen LogP contribution is 2.25. The van der Waals surface area contributed by atoms with Crippen molar-refractivity contribution in [2.24, 2.45) is 0 Å². The van der Waals surface area contributed by atoms with Gasteiger partial charge in [0.15, 0.2) is 0 Å². The van der Waals surface area contributed by atoms with Crippen molar-refractivity contribution in [2.75, 3.05) is 0 Å². The van der Waals surface area contributed by atoms with E-state index in [-0.39, 0.29) is 5.54 Å². The summed E-state index contributed by atoms with van der Waals surface area (Å²) in [7, 11) is 0. The molecular weight excluding hydrogens is 222 g/mol. The smallest absolute Gasteiger partial charge is 0.0965 e. The molecule has 1 aromatic carbocycles. The summed E-state index contributed by atoms with van der Waals surface area (Å²) >= 11 is 0. The van der Waals surface area contributed by atoms with Crippen molar-refractivity contribution in [3.05, 3.63) is 42.1 Å². The molecule has 0 aliphatic heterocycles. The van der Waals surface area contributed by atoms with E-state index >= 15 is 0 Å². The van der Waals surface area contributed by atoms with Gasteiger partial charge in [0.2, 0.25) is 0 Å². The molecule has 1 aromatic heterocycles. The predicted octanol–water partition coefficient (Wildman–Crippen LogP) is 3.37. The first-order chi connectivity index (χ1) is 8.52. The lowest BCUT2D eigenvalue weighted by Crippen LogP contribution is -2.22. The Morgan fingerprint density at radius 2 is 1.89 bits per heavy atom. The summed E-state index contributed by atoms with van der Waals surface area (Å²) in [5.41, 5.74) is 2.88. The summed E-state index contributed by atoms with van der Waals surface area (Å²) in [5, 5.41) is 13.6. The molecule has 3 nitrogen and oxygen atoms in total. The molecule has 3 heteroatoms. The maximum atomic E-state index is 8.92. The summed E-state index contributed by atoms with van der Waals surface area (Å²) in [6.07, 6.45) is 2.37. The van der Waals surface area contributed by atoms with Gasteiger partial charge in [-0.3, -0.25) is 4.68 Å². The zero-order valence-corrected chi connectivity index (χ0v) is 11.0. The predicted molar refractivity (Wildman–Crippen MR) is 72.0 cm³/mol. The van der Waals surface area contributed by atoms with Crippen LogP contribution < -0.4 is 0 Å². The average Bonchev–Trinajstić information content (AvgIpc) is 2.75. The Hall–Kier alpha value is -2.08. The maximum Gasteiger partial charge on any atom is 0.0965 e. The number of aromatic nitrogens is 2. The van der Waals surface area contributed by atoms with Crippen molar-refractivity contribution in [3.63, 3.8) is 0 Å². The van der Waals surface area contributed by atoms with Crippen LogP contribution in [0.3, 0.4) is 0 Å². The van der Waals surface area contributed by atoms with Gasteiger partial charge in [-0.25, -0.2) is 0 Å². The van der Waals surface area contributed by atoms with Crippen LogP contribution in [0.2, 0.25) is 0 Å². The van der Waals surface area contributed by atoms with E-state index in [0.717, 1.165) is 16.8 Å². The minimum absolute atomic E-state index is 0.0722. The summed E-state index contributed by atoms with van der Waals surface area (Å²) in [6.45, 7) is 6.31. The van der Waals surface area contributed by atoms with Gasteiger partial charge in [0.1, 0.15) is 0 Å².